The molecule has 2 amide bonds. The molecule has 7 heteroatoms. The van der Waals surface area contributed by atoms with E-state index in [0.29, 0.717) is 31.1 Å². The van der Waals surface area contributed by atoms with Crippen molar-refractivity contribution in [2.24, 2.45) is 0 Å². The summed E-state index contributed by atoms with van der Waals surface area (Å²) in [6.45, 7) is 7.19. The largest absolute Gasteiger partial charge is 0.482 e. The number of fused-ring (bicyclic) bond motifs is 1. The lowest BCUT2D eigenvalue weighted by molar-refractivity contribution is -0.144. The van der Waals surface area contributed by atoms with Crippen LogP contribution in [0, 0.1) is 6.92 Å². The van der Waals surface area contributed by atoms with Gasteiger partial charge in [0.15, 0.2) is 6.61 Å². The summed E-state index contributed by atoms with van der Waals surface area (Å²) in [5.41, 5.74) is 1.72. The van der Waals surface area contributed by atoms with Crippen molar-refractivity contribution in [1.82, 2.24) is 4.90 Å². The van der Waals surface area contributed by atoms with E-state index in [0.717, 1.165) is 12.0 Å². The number of hydrogen-bond donors (Lipinski definition) is 0. The van der Waals surface area contributed by atoms with E-state index in [4.69, 9.17) is 9.47 Å². The van der Waals surface area contributed by atoms with E-state index in [1.54, 1.807) is 16.7 Å². The maximum atomic E-state index is 12.6. The van der Waals surface area contributed by atoms with Crippen LogP contribution < -0.4 is 9.64 Å². The topological polar surface area (TPSA) is 76.2 Å². The number of anilines is 1. The summed E-state index contributed by atoms with van der Waals surface area (Å²) in [6, 6.07) is 5.66. The first-order chi connectivity index (χ1) is 13.0. The van der Waals surface area contributed by atoms with E-state index in [1.165, 1.54) is 0 Å². The molecule has 0 radical (unpaired) electrons. The van der Waals surface area contributed by atoms with Gasteiger partial charge in [-0.05, 0) is 38.0 Å². The van der Waals surface area contributed by atoms with E-state index >= 15 is 0 Å². The molecule has 0 atom stereocenters. The van der Waals surface area contributed by atoms with Gasteiger partial charge in [0, 0.05) is 26.1 Å². The van der Waals surface area contributed by atoms with Crippen molar-refractivity contribution in [3.63, 3.8) is 0 Å². The normalized spacial score (nSPS) is 13.0. The lowest BCUT2D eigenvalue weighted by Crippen LogP contribution is -2.42. The highest BCUT2D eigenvalue weighted by atomic mass is 16.5. The Morgan fingerprint density at radius 2 is 2.00 bits per heavy atom. The van der Waals surface area contributed by atoms with Crippen molar-refractivity contribution in [1.29, 1.82) is 0 Å². The molecular weight excluding hydrogens is 348 g/mol. The Kier molecular flexibility index (Phi) is 7.64. The van der Waals surface area contributed by atoms with Gasteiger partial charge in [0.2, 0.25) is 5.91 Å². The van der Waals surface area contributed by atoms with E-state index in [2.05, 4.69) is 0 Å². The fourth-order valence-electron chi connectivity index (χ4n) is 3.01. The third-order valence-electron chi connectivity index (χ3n) is 4.34. The van der Waals surface area contributed by atoms with Crippen molar-refractivity contribution in [3.05, 3.63) is 23.8 Å². The molecular formula is C20H28N2O5. The van der Waals surface area contributed by atoms with Crippen LogP contribution in [0.15, 0.2) is 18.2 Å². The number of nitrogens with zero attached hydrogens (tertiary/aromatic N) is 2. The Bertz CT molecular complexity index is 689. The second kappa shape index (κ2) is 9.94. The van der Waals surface area contributed by atoms with Crippen LogP contribution in [0.2, 0.25) is 0 Å². The molecule has 2 rings (SSSR count). The van der Waals surface area contributed by atoms with Crippen molar-refractivity contribution in [2.45, 2.75) is 40.0 Å². The highest BCUT2D eigenvalue weighted by Crippen LogP contribution is 2.32. The minimum atomic E-state index is -0.306. The zero-order valence-electron chi connectivity index (χ0n) is 16.3. The van der Waals surface area contributed by atoms with Gasteiger partial charge < -0.3 is 19.3 Å². The van der Waals surface area contributed by atoms with Crippen molar-refractivity contribution < 1.29 is 23.9 Å². The highest BCUT2D eigenvalue weighted by Gasteiger charge is 2.26. The van der Waals surface area contributed by atoms with Crippen LogP contribution in [-0.4, -0.2) is 55.5 Å². The molecule has 1 aromatic carbocycles. The molecule has 0 saturated carbocycles. The molecule has 1 aliphatic heterocycles. The van der Waals surface area contributed by atoms with Crippen LogP contribution >= 0.6 is 0 Å². The molecule has 1 heterocycles. The fraction of sp³-hybridized carbons (Fsp3) is 0.550. The molecule has 0 aromatic heterocycles. The smallest absolute Gasteiger partial charge is 0.307 e. The number of rotatable bonds is 9. The molecule has 0 N–H and O–H groups in total. The van der Waals surface area contributed by atoms with Gasteiger partial charge in [-0.15, -0.1) is 0 Å². The first kappa shape index (κ1) is 20.7. The van der Waals surface area contributed by atoms with E-state index in [-0.39, 0.29) is 43.8 Å². The van der Waals surface area contributed by atoms with Gasteiger partial charge in [0.05, 0.1) is 18.7 Å². The van der Waals surface area contributed by atoms with Crippen LogP contribution in [0.25, 0.3) is 0 Å². The molecule has 7 nitrogen and oxygen atoms in total. The van der Waals surface area contributed by atoms with Gasteiger partial charge in [-0.1, -0.05) is 13.0 Å². The zero-order chi connectivity index (χ0) is 19.8. The first-order valence-electron chi connectivity index (χ1n) is 9.43. The Hall–Kier alpha value is -2.57. The second-order valence-corrected chi connectivity index (χ2v) is 6.49. The number of esters is 1. The molecule has 1 aliphatic rings. The van der Waals surface area contributed by atoms with Gasteiger partial charge in [0.1, 0.15) is 5.75 Å². The molecule has 148 valence electrons. The van der Waals surface area contributed by atoms with Gasteiger partial charge in [-0.25, -0.2) is 0 Å². The number of benzene rings is 1. The van der Waals surface area contributed by atoms with Crippen molar-refractivity contribution >= 4 is 23.5 Å². The number of aryl methyl sites for hydroxylation is 1. The number of ether oxygens (including phenoxy) is 2. The predicted octanol–water partition coefficient (Wildman–Crippen LogP) is 2.30. The van der Waals surface area contributed by atoms with Crippen LogP contribution in [0.4, 0.5) is 5.69 Å². The lowest BCUT2D eigenvalue weighted by atomic mass is 10.1. The Balaban J connectivity index is 1.99. The summed E-state index contributed by atoms with van der Waals surface area (Å²) in [5, 5.41) is 0. The summed E-state index contributed by atoms with van der Waals surface area (Å²) in [6.07, 6.45) is 1.17. The molecule has 27 heavy (non-hydrogen) atoms. The Morgan fingerprint density at radius 3 is 2.70 bits per heavy atom. The van der Waals surface area contributed by atoms with Crippen LogP contribution in [-0.2, 0) is 19.1 Å². The fourth-order valence-corrected chi connectivity index (χ4v) is 3.01. The summed E-state index contributed by atoms with van der Waals surface area (Å²) >= 11 is 0. The summed E-state index contributed by atoms with van der Waals surface area (Å²) in [7, 11) is 0. The van der Waals surface area contributed by atoms with Gasteiger partial charge in [-0.3, -0.25) is 14.4 Å². The SMILES string of the molecule is CCCN(CCC(=O)OCC)C(=O)CCN1C(=O)COc2ccc(C)cc21. The third-order valence-corrected chi connectivity index (χ3v) is 4.34. The molecule has 0 spiro atoms. The summed E-state index contributed by atoms with van der Waals surface area (Å²) in [5.74, 6) is 0.114. The van der Waals surface area contributed by atoms with E-state index < -0.39 is 0 Å². The first-order valence-corrected chi connectivity index (χ1v) is 9.43. The van der Waals surface area contributed by atoms with Crippen LogP contribution in [0.5, 0.6) is 5.75 Å². The average molecular weight is 376 g/mol. The molecule has 1 aromatic rings. The minimum absolute atomic E-state index is 0.0220. The van der Waals surface area contributed by atoms with Crippen molar-refractivity contribution in [3.8, 4) is 5.75 Å². The summed E-state index contributed by atoms with van der Waals surface area (Å²) in [4.78, 5) is 39.8. The van der Waals surface area contributed by atoms with Crippen molar-refractivity contribution in [2.75, 3.05) is 37.7 Å². The average Bonchev–Trinajstić information content (AvgIpc) is 2.64. The Morgan fingerprint density at radius 1 is 1.22 bits per heavy atom. The maximum Gasteiger partial charge on any atom is 0.307 e. The monoisotopic (exact) mass is 376 g/mol. The van der Waals surface area contributed by atoms with Crippen LogP contribution in [0.1, 0.15) is 38.7 Å². The molecule has 0 fully saturated rings. The number of amides is 2. The number of carbonyl (C=O) groups is 3. The van der Waals surface area contributed by atoms with Gasteiger partial charge in [-0.2, -0.15) is 0 Å². The maximum absolute atomic E-state index is 12.6. The second-order valence-electron chi connectivity index (χ2n) is 6.49. The minimum Gasteiger partial charge on any atom is -0.482 e. The molecule has 0 aliphatic carbocycles. The molecule has 0 bridgehead atoms. The molecule has 0 saturated heterocycles. The van der Waals surface area contributed by atoms with E-state index in [1.807, 2.05) is 32.0 Å². The third kappa shape index (κ3) is 5.70. The van der Waals surface area contributed by atoms with Gasteiger partial charge in [0.25, 0.3) is 5.91 Å². The van der Waals surface area contributed by atoms with Crippen LogP contribution in [0.3, 0.4) is 0 Å². The quantitative estimate of drug-likeness (QED) is 0.618. The summed E-state index contributed by atoms with van der Waals surface area (Å²) < 4.78 is 10.4. The highest BCUT2D eigenvalue weighted by molar-refractivity contribution is 5.98. The zero-order valence-corrected chi connectivity index (χ0v) is 16.3. The lowest BCUT2D eigenvalue weighted by Gasteiger charge is -2.30. The standard InChI is InChI=1S/C20H28N2O5/c1-4-10-21(11-9-20(25)26-5-2)18(23)8-12-22-16-13-15(3)6-7-17(16)27-14-19(22)24/h6-7,13H,4-5,8-12,14H2,1-3H3. The van der Waals surface area contributed by atoms with Gasteiger partial charge >= 0.3 is 5.97 Å². The van der Waals surface area contributed by atoms with E-state index in [9.17, 15) is 14.4 Å². The number of hydrogen-bond acceptors (Lipinski definition) is 5. The molecule has 0 unspecified atom stereocenters. The number of carbonyl (C=O) groups excluding carboxylic acids is 3. The predicted molar refractivity (Wildman–Crippen MR) is 102 cm³/mol. The Labute approximate surface area is 160 Å².